The minimum Gasteiger partial charge on any atom is -0.350 e. The first-order valence-electron chi connectivity index (χ1n) is 7.27. The standard InChI is InChI=1S/C15H23N3O2S/c1-15(2,3)18-13(19)9-17-14(20)12-7-6-11(21-12)10-5-4-8-16-10/h6-7,10,16H,4-5,8-9H2,1-3H3,(H,17,20)(H,18,19). The van der Waals surface area contributed by atoms with Gasteiger partial charge in [-0.3, -0.25) is 9.59 Å². The third-order valence-corrected chi connectivity index (χ3v) is 4.38. The molecule has 1 aromatic heterocycles. The fourth-order valence-corrected chi connectivity index (χ4v) is 3.33. The Morgan fingerprint density at radius 2 is 2.14 bits per heavy atom. The van der Waals surface area contributed by atoms with Crippen molar-refractivity contribution >= 4 is 23.2 Å². The molecule has 21 heavy (non-hydrogen) atoms. The molecule has 2 amide bonds. The van der Waals surface area contributed by atoms with Crippen molar-refractivity contribution in [3.8, 4) is 0 Å². The van der Waals surface area contributed by atoms with E-state index in [-0.39, 0.29) is 23.9 Å². The third kappa shape index (κ3) is 4.82. The summed E-state index contributed by atoms with van der Waals surface area (Å²) in [5.74, 6) is -0.363. The van der Waals surface area contributed by atoms with Crippen LogP contribution >= 0.6 is 11.3 Å². The van der Waals surface area contributed by atoms with Gasteiger partial charge in [0.25, 0.3) is 5.91 Å². The largest absolute Gasteiger partial charge is 0.350 e. The van der Waals surface area contributed by atoms with Crippen LogP contribution in [0, 0.1) is 0 Å². The molecule has 1 atom stereocenters. The summed E-state index contributed by atoms with van der Waals surface area (Å²) in [6.07, 6.45) is 2.30. The van der Waals surface area contributed by atoms with Gasteiger partial charge >= 0.3 is 0 Å². The van der Waals surface area contributed by atoms with Gasteiger partial charge in [0, 0.05) is 16.5 Å². The Labute approximate surface area is 129 Å². The van der Waals surface area contributed by atoms with E-state index < -0.39 is 0 Å². The Hall–Kier alpha value is -1.40. The van der Waals surface area contributed by atoms with Gasteiger partial charge in [0.05, 0.1) is 11.4 Å². The Kier molecular flexibility index (Phi) is 5.00. The summed E-state index contributed by atoms with van der Waals surface area (Å²) in [6.45, 7) is 6.77. The topological polar surface area (TPSA) is 70.2 Å². The van der Waals surface area contributed by atoms with Crippen LogP contribution in [0.5, 0.6) is 0 Å². The Morgan fingerprint density at radius 3 is 2.76 bits per heavy atom. The number of thiophene rings is 1. The molecule has 0 spiro atoms. The zero-order valence-electron chi connectivity index (χ0n) is 12.8. The van der Waals surface area contributed by atoms with E-state index in [2.05, 4.69) is 16.0 Å². The summed E-state index contributed by atoms with van der Waals surface area (Å²) in [5, 5.41) is 8.90. The fourth-order valence-electron chi connectivity index (χ4n) is 2.30. The van der Waals surface area contributed by atoms with Crippen LogP contribution in [0.25, 0.3) is 0 Å². The Morgan fingerprint density at radius 1 is 1.38 bits per heavy atom. The summed E-state index contributed by atoms with van der Waals surface area (Å²) >= 11 is 1.50. The highest BCUT2D eigenvalue weighted by atomic mass is 32.1. The average molecular weight is 309 g/mol. The van der Waals surface area contributed by atoms with Crippen LogP contribution in [-0.2, 0) is 4.79 Å². The minimum atomic E-state index is -0.286. The first-order valence-corrected chi connectivity index (χ1v) is 8.09. The lowest BCUT2D eigenvalue weighted by Crippen LogP contribution is -2.45. The molecule has 1 saturated heterocycles. The predicted molar refractivity (Wildman–Crippen MR) is 84.5 cm³/mol. The summed E-state index contributed by atoms with van der Waals surface area (Å²) < 4.78 is 0. The normalized spacial score (nSPS) is 18.5. The molecule has 1 fully saturated rings. The van der Waals surface area contributed by atoms with Crippen molar-refractivity contribution in [1.29, 1.82) is 0 Å². The molecule has 1 aliphatic rings. The van der Waals surface area contributed by atoms with Gasteiger partial charge in [-0.1, -0.05) is 0 Å². The van der Waals surface area contributed by atoms with Crippen molar-refractivity contribution in [2.75, 3.05) is 13.1 Å². The van der Waals surface area contributed by atoms with E-state index in [1.165, 1.54) is 22.6 Å². The Bertz CT molecular complexity index is 513. The smallest absolute Gasteiger partial charge is 0.261 e. The van der Waals surface area contributed by atoms with Crippen LogP contribution < -0.4 is 16.0 Å². The molecule has 2 heterocycles. The summed E-state index contributed by atoms with van der Waals surface area (Å²) in [5.41, 5.74) is -0.286. The minimum absolute atomic E-state index is 0.00498. The quantitative estimate of drug-likeness (QED) is 0.794. The molecule has 3 N–H and O–H groups in total. The second kappa shape index (κ2) is 6.58. The van der Waals surface area contributed by atoms with Crippen LogP contribution in [0.2, 0.25) is 0 Å². The van der Waals surface area contributed by atoms with Crippen molar-refractivity contribution in [2.45, 2.75) is 45.2 Å². The summed E-state index contributed by atoms with van der Waals surface area (Å²) in [7, 11) is 0. The molecule has 0 aliphatic carbocycles. The van der Waals surface area contributed by atoms with Crippen molar-refractivity contribution in [1.82, 2.24) is 16.0 Å². The molecule has 0 bridgehead atoms. The predicted octanol–water partition coefficient (Wildman–Crippen LogP) is 1.82. The molecule has 2 rings (SSSR count). The highest BCUT2D eigenvalue weighted by Gasteiger charge is 2.20. The van der Waals surface area contributed by atoms with E-state index in [1.807, 2.05) is 32.9 Å². The van der Waals surface area contributed by atoms with Gasteiger partial charge in [0.2, 0.25) is 5.91 Å². The number of carbonyl (C=O) groups is 2. The maximum atomic E-state index is 12.0. The van der Waals surface area contributed by atoms with Crippen LogP contribution in [0.3, 0.4) is 0 Å². The lowest BCUT2D eigenvalue weighted by molar-refractivity contribution is -0.121. The van der Waals surface area contributed by atoms with Gasteiger partial charge < -0.3 is 16.0 Å². The van der Waals surface area contributed by atoms with E-state index >= 15 is 0 Å². The molecule has 1 aliphatic heterocycles. The summed E-state index contributed by atoms with van der Waals surface area (Å²) in [4.78, 5) is 25.6. The van der Waals surface area contributed by atoms with Gasteiger partial charge in [0.1, 0.15) is 0 Å². The van der Waals surface area contributed by atoms with E-state index in [1.54, 1.807) is 0 Å². The first kappa shape index (κ1) is 16.0. The number of nitrogens with one attached hydrogen (secondary N) is 3. The second-order valence-electron chi connectivity index (χ2n) is 6.33. The van der Waals surface area contributed by atoms with Crippen LogP contribution in [-0.4, -0.2) is 30.4 Å². The first-order chi connectivity index (χ1) is 9.85. The molecule has 0 radical (unpaired) electrons. The van der Waals surface area contributed by atoms with Crippen molar-refractivity contribution < 1.29 is 9.59 Å². The number of rotatable bonds is 4. The highest BCUT2D eigenvalue weighted by molar-refractivity contribution is 7.14. The lowest BCUT2D eigenvalue weighted by Gasteiger charge is -2.20. The van der Waals surface area contributed by atoms with Crippen molar-refractivity contribution in [2.24, 2.45) is 0 Å². The monoisotopic (exact) mass is 309 g/mol. The summed E-state index contributed by atoms with van der Waals surface area (Å²) in [6, 6.07) is 4.20. The van der Waals surface area contributed by atoms with Gasteiger partial charge in [-0.25, -0.2) is 0 Å². The Balaban J connectivity index is 1.84. The van der Waals surface area contributed by atoms with Gasteiger partial charge in [-0.15, -0.1) is 11.3 Å². The molecule has 116 valence electrons. The number of hydrogen-bond acceptors (Lipinski definition) is 4. The lowest BCUT2D eigenvalue weighted by atomic mass is 10.1. The fraction of sp³-hybridized carbons (Fsp3) is 0.600. The molecular formula is C15H23N3O2S. The van der Waals surface area contributed by atoms with Gasteiger partial charge in [-0.05, 0) is 52.3 Å². The van der Waals surface area contributed by atoms with E-state index in [0.717, 1.165) is 13.0 Å². The van der Waals surface area contributed by atoms with Crippen LogP contribution in [0.1, 0.15) is 54.2 Å². The zero-order valence-corrected chi connectivity index (χ0v) is 13.6. The second-order valence-corrected chi connectivity index (χ2v) is 7.45. The van der Waals surface area contributed by atoms with E-state index in [4.69, 9.17) is 0 Å². The molecule has 1 unspecified atom stereocenters. The molecular weight excluding hydrogens is 286 g/mol. The van der Waals surface area contributed by atoms with Crippen molar-refractivity contribution in [3.05, 3.63) is 21.9 Å². The highest BCUT2D eigenvalue weighted by Crippen LogP contribution is 2.29. The molecule has 0 aromatic carbocycles. The molecule has 6 heteroatoms. The zero-order chi connectivity index (χ0) is 15.5. The van der Waals surface area contributed by atoms with Gasteiger partial charge in [0.15, 0.2) is 0 Å². The molecule has 5 nitrogen and oxygen atoms in total. The van der Waals surface area contributed by atoms with Crippen molar-refractivity contribution in [3.63, 3.8) is 0 Å². The number of hydrogen-bond donors (Lipinski definition) is 3. The number of amides is 2. The van der Waals surface area contributed by atoms with Crippen LogP contribution in [0.4, 0.5) is 0 Å². The third-order valence-electron chi connectivity index (χ3n) is 3.18. The maximum absolute atomic E-state index is 12.0. The maximum Gasteiger partial charge on any atom is 0.261 e. The number of carbonyl (C=O) groups excluding carboxylic acids is 2. The molecule has 1 aromatic rings. The van der Waals surface area contributed by atoms with Crippen LogP contribution in [0.15, 0.2) is 12.1 Å². The van der Waals surface area contributed by atoms with E-state index in [0.29, 0.717) is 10.9 Å². The average Bonchev–Trinajstić information content (AvgIpc) is 3.03. The van der Waals surface area contributed by atoms with Gasteiger partial charge in [-0.2, -0.15) is 0 Å². The molecule has 0 saturated carbocycles. The SMILES string of the molecule is CC(C)(C)NC(=O)CNC(=O)c1ccc(C2CCCN2)s1. The van der Waals surface area contributed by atoms with E-state index in [9.17, 15) is 9.59 Å².